The molecule has 0 aliphatic rings. The zero-order valence-electron chi connectivity index (χ0n) is 12.1. The Hall–Kier alpha value is -1.51. The Bertz CT molecular complexity index is 371. The molecule has 0 fully saturated rings. The lowest BCUT2D eigenvalue weighted by molar-refractivity contribution is -0.153. The van der Waals surface area contributed by atoms with Crippen LogP contribution in [0.4, 0.5) is 0 Å². The zero-order chi connectivity index (χ0) is 14.1. The molecule has 19 heavy (non-hydrogen) atoms. The Morgan fingerprint density at radius 3 is 2.47 bits per heavy atom. The van der Waals surface area contributed by atoms with Crippen LogP contribution in [0.2, 0.25) is 0 Å². The lowest BCUT2D eigenvalue weighted by atomic mass is 9.87. The first-order chi connectivity index (χ1) is 9.06. The topological polar surface area (TPSA) is 35.5 Å². The Morgan fingerprint density at radius 2 is 1.84 bits per heavy atom. The molecule has 0 unspecified atom stereocenters. The van der Waals surface area contributed by atoms with Gasteiger partial charge in [0, 0.05) is 0 Å². The minimum absolute atomic E-state index is 0.112. The van der Waals surface area contributed by atoms with E-state index in [1.165, 1.54) is 0 Å². The molecule has 0 heterocycles. The van der Waals surface area contributed by atoms with Crippen molar-refractivity contribution < 1.29 is 14.3 Å². The standard InChI is InChI=1S/C16H24O3/c1-4-18-15(17)16(2,3)12-8-9-13-19-14-10-6-5-7-11-14/h5-7,10-11H,4,8-9,12-13H2,1-3H3. The van der Waals surface area contributed by atoms with E-state index < -0.39 is 5.41 Å². The van der Waals surface area contributed by atoms with E-state index in [1.807, 2.05) is 51.1 Å². The Morgan fingerprint density at radius 1 is 1.16 bits per heavy atom. The first kappa shape index (κ1) is 15.5. The fourth-order valence-corrected chi connectivity index (χ4v) is 1.80. The second kappa shape index (κ2) is 7.82. The van der Waals surface area contributed by atoms with Gasteiger partial charge in [-0.2, -0.15) is 0 Å². The van der Waals surface area contributed by atoms with Crippen LogP contribution < -0.4 is 4.74 Å². The van der Waals surface area contributed by atoms with E-state index in [9.17, 15) is 4.79 Å². The molecular formula is C16H24O3. The van der Waals surface area contributed by atoms with Crippen molar-refractivity contribution in [2.75, 3.05) is 13.2 Å². The Labute approximate surface area is 115 Å². The number of hydrogen-bond acceptors (Lipinski definition) is 3. The number of esters is 1. The predicted octanol–water partition coefficient (Wildman–Crippen LogP) is 3.83. The average molecular weight is 264 g/mol. The van der Waals surface area contributed by atoms with E-state index in [1.54, 1.807) is 0 Å². The summed E-state index contributed by atoms with van der Waals surface area (Å²) < 4.78 is 10.7. The number of carbonyl (C=O) groups is 1. The van der Waals surface area contributed by atoms with Crippen molar-refractivity contribution in [1.29, 1.82) is 0 Å². The van der Waals surface area contributed by atoms with Crippen LogP contribution in [-0.2, 0) is 9.53 Å². The van der Waals surface area contributed by atoms with Gasteiger partial charge >= 0.3 is 5.97 Å². The highest BCUT2D eigenvalue weighted by atomic mass is 16.5. The van der Waals surface area contributed by atoms with Gasteiger partial charge in [0.2, 0.25) is 0 Å². The quantitative estimate of drug-likeness (QED) is 0.529. The number of carbonyl (C=O) groups excluding carboxylic acids is 1. The molecule has 0 radical (unpaired) electrons. The van der Waals surface area contributed by atoms with Crippen molar-refractivity contribution in [3.8, 4) is 5.75 Å². The van der Waals surface area contributed by atoms with Crippen LogP contribution >= 0.6 is 0 Å². The van der Waals surface area contributed by atoms with Crippen molar-refractivity contribution in [1.82, 2.24) is 0 Å². The van der Waals surface area contributed by atoms with Gasteiger partial charge in [0.05, 0.1) is 18.6 Å². The van der Waals surface area contributed by atoms with Crippen LogP contribution in [0.5, 0.6) is 5.75 Å². The highest BCUT2D eigenvalue weighted by Crippen LogP contribution is 2.25. The van der Waals surface area contributed by atoms with Crippen LogP contribution in [0, 0.1) is 5.41 Å². The van der Waals surface area contributed by atoms with Crippen LogP contribution in [0.15, 0.2) is 30.3 Å². The average Bonchev–Trinajstić information content (AvgIpc) is 2.39. The lowest BCUT2D eigenvalue weighted by Crippen LogP contribution is -2.26. The maximum Gasteiger partial charge on any atom is 0.311 e. The largest absolute Gasteiger partial charge is 0.494 e. The molecule has 106 valence electrons. The predicted molar refractivity (Wildman–Crippen MR) is 76.2 cm³/mol. The van der Waals surface area contributed by atoms with E-state index in [4.69, 9.17) is 9.47 Å². The molecule has 0 saturated heterocycles. The second-order valence-electron chi connectivity index (χ2n) is 5.22. The molecular weight excluding hydrogens is 240 g/mol. The summed E-state index contributed by atoms with van der Waals surface area (Å²) in [4.78, 5) is 11.7. The Kier molecular flexibility index (Phi) is 6.40. The van der Waals surface area contributed by atoms with Crippen LogP contribution in [0.1, 0.15) is 40.0 Å². The monoisotopic (exact) mass is 264 g/mol. The number of unbranched alkanes of at least 4 members (excludes halogenated alkanes) is 1. The number of benzene rings is 1. The summed E-state index contributed by atoms with van der Waals surface area (Å²) in [5.41, 5.74) is -0.400. The maximum atomic E-state index is 11.7. The third-order valence-electron chi connectivity index (χ3n) is 3.04. The molecule has 1 aromatic rings. The van der Waals surface area contributed by atoms with Crippen LogP contribution in [0.25, 0.3) is 0 Å². The third-order valence-corrected chi connectivity index (χ3v) is 3.04. The molecule has 0 spiro atoms. The maximum absolute atomic E-state index is 11.7. The highest BCUT2D eigenvalue weighted by molar-refractivity contribution is 5.75. The minimum atomic E-state index is -0.400. The minimum Gasteiger partial charge on any atom is -0.494 e. The highest BCUT2D eigenvalue weighted by Gasteiger charge is 2.28. The number of ether oxygens (including phenoxy) is 2. The fraction of sp³-hybridized carbons (Fsp3) is 0.562. The lowest BCUT2D eigenvalue weighted by Gasteiger charge is -2.21. The number of para-hydroxylation sites is 1. The van der Waals surface area contributed by atoms with E-state index >= 15 is 0 Å². The smallest absolute Gasteiger partial charge is 0.311 e. The zero-order valence-corrected chi connectivity index (χ0v) is 12.1. The van der Waals surface area contributed by atoms with Crippen LogP contribution in [0.3, 0.4) is 0 Å². The molecule has 0 atom stereocenters. The molecule has 3 heteroatoms. The summed E-state index contributed by atoms with van der Waals surface area (Å²) in [5.74, 6) is 0.783. The van der Waals surface area contributed by atoms with Crippen molar-refractivity contribution in [2.24, 2.45) is 5.41 Å². The summed E-state index contributed by atoms with van der Waals surface area (Å²) in [5, 5.41) is 0. The first-order valence-electron chi connectivity index (χ1n) is 6.91. The van der Waals surface area contributed by atoms with Gasteiger partial charge in [-0.15, -0.1) is 0 Å². The summed E-state index contributed by atoms with van der Waals surface area (Å²) >= 11 is 0. The van der Waals surface area contributed by atoms with Gasteiger partial charge in [-0.05, 0) is 52.2 Å². The van der Waals surface area contributed by atoms with Crippen molar-refractivity contribution >= 4 is 5.97 Å². The van der Waals surface area contributed by atoms with E-state index in [0.29, 0.717) is 13.2 Å². The molecule has 0 aliphatic heterocycles. The molecule has 3 nitrogen and oxygen atoms in total. The molecule has 0 aliphatic carbocycles. The van der Waals surface area contributed by atoms with Crippen molar-refractivity contribution in [2.45, 2.75) is 40.0 Å². The van der Waals surface area contributed by atoms with Gasteiger partial charge in [0.15, 0.2) is 0 Å². The molecule has 1 aromatic carbocycles. The van der Waals surface area contributed by atoms with Crippen LogP contribution in [-0.4, -0.2) is 19.2 Å². The van der Waals surface area contributed by atoms with Gasteiger partial charge < -0.3 is 9.47 Å². The summed E-state index contributed by atoms with van der Waals surface area (Å²) in [7, 11) is 0. The summed E-state index contributed by atoms with van der Waals surface area (Å²) in [6.45, 7) is 6.83. The summed E-state index contributed by atoms with van der Waals surface area (Å²) in [6.07, 6.45) is 2.72. The molecule has 0 bridgehead atoms. The molecule has 0 saturated carbocycles. The SMILES string of the molecule is CCOC(=O)C(C)(C)CCCCOc1ccccc1. The van der Waals surface area contributed by atoms with Gasteiger partial charge in [-0.25, -0.2) is 0 Å². The van der Waals surface area contributed by atoms with E-state index in [2.05, 4.69) is 0 Å². The fourth-order valence-electron chi connectivity index (χ4n) is 1.80. The molecule has 0 aromatic heterocycles. The number of rotatable bonds is 8. The van der Waals surface area contributed by atoms with Crippen molar-refractivity contribution in [3.05, 3.63) is 30.3 Å². The van der Waals surface area contributed by atoms with Crippen molar-refractivity contribution in [3.63, 3.8) is 0 Å². The van der Waals surface area contributed by atoms with E-state index in [0.717, 1.165) is 25.0 Å². The van der Waals surface area contributed by atoms with E-state index in [-0.39, 0.29) is 5.97 Å². The summed E-state index contributed by atoms with van der Waals surface area (Å²) in [6, 6.07) is 9.78. The number of hydrogen-bond donors (Lipinski definition) is 0. The molecule has 0 N–H and O–H groups in total. The first-order valence-corrected chi connectivity index (χ1v) is 6.91. The normalized spacial score (nSPS) is 11.1. The van der Waals surface area contributed by atoms with Gasteiger partial charge in [0.1, 0.15) is 5.75 Å². The van der Waals surface area contributed by atoms with Gasteiger partial charge in [-0.3, -0.25) is 4.79 Å². The van der Waals surface area contributed by atoms with Gasteiger partial charge in [-0.1, -0.05) is 18.2 Å². The third kappa shape index (κ3) is 5.77. The second-order valence-corrected chi connectivity index (χ2v) is 5.22. The van der Waals surface area contributed by atoms with Gasteiger partial charge in [0.25, 0.3) is 0 Å². The molecule has 0 amide bonds. The Balaban J connectivity index is 2.18. The molecule has 1 rings (SSSR count).